The molecule has 1 aromatic rings. The number of nitrogens with zero attached hydrogens (tertiary/aromatic N) is 2. The van der Waals surface area contributed by atoms with E-state index in [4.69, 9.17) is 9.84 Å². The summed E-state index contributed by atoms with van der Waals surface area (Å²) in [5, 5.41) is 15.7. The topological polar surface area (TPSA) is 93.5 Å². The van der Waals surface area contributed by atoms with E-state index in [0.717, 1.165) is 0 Å². The Labute approximate surface area is 111 Å². The Kier molecular flexibility index (Phi) is 5.50. The van der Waals surface area contributed by atoms with Crippen LogP contribution < -0.4 is 5.32 Å². The Morgan fingerprint density at radius 2 is 2.26 bits per heavy atom. The number of carbonyl (C=O) groups excluding carboxylic acids is 1. The van der Waals surface area contributed by atoms with Crippen molar-refractivity contribution in [3.8, 4) is 0 Å². The lowest BCUT2D eigenvalue weighted by Gasteiger charge is -2.13. The standard InChI is InChI=1S/C12H19N3O4/c1-4-9-8(7-15(2)14-9)11(16)13-10(12(17)18)5-6-19-3/h7,10H,4-6H2,1-3H3,(H,13,16)(H,17,18). The van der Waals surface area contributed by atoms with E-state index in [2.05, 4.69) is 10.4 Å². The van der Waals surface area contributed by atoms with Gasteiger partial charge >= 0.3 is 5.97 Å². The predicted octanol–water partition coefficient (Wildman–Crippen LogP) is 0.202. The van der Waals surface area contributed by atoms with E-state index < -0.39 is 17.9 Å². The molecule has 1 aromatic heterocycles. The lowest BCUT2D eigenvalue weighted by atomic mass is 10.1. The van der Waals surface area contributed by atoms with Gasteiger partial charge in [0.15, 0.2) is 0 Å². The van der Waals surface area contributed by atoms with Gasteiger partial charge in [-0.15, -0.1) is 0 Å². The van der Waals surface area contributed by atoms with Crippen molar-refractivity contribution in [1.82, 2.24) is 15.1 Å². The average molecular weight is 269 g/mol. The van der Waals surface area contributed by atoms with Crippen molar-refractivity contribution >= 4 is 11.9 Å². The number of nitrogens with one attached hydrogen (secondary N) is 1. The minimum Gasteiger partial charge on any atom is -0.480 e. The van der Waals surface area contributed by atoms with Gasteiger partial charge in [-0.1, -0.05) is 6.92 Å². The summed E-state index contributed by atoms with van der Waals surface area (Å²) in [5.74, 6) is -1.50. The molecule has 7 heteroatoms. The van der Waals surface area contributed by atoms with Crippen LogP contribution in [0, 0.1) is 0 Å². The summed E-state index contributed by atoms with van der Waals surface area (Å²) in [5.41, 5.74) is 1.06. The maximum absolute atomic E-state index is 12.0. The molecule has 0 spiro atoms. The van der Waals surface area contributed by atoms with Crippen molar-refractivity contribution in [1.29, 1.82) is 0 Å². The summed E-state index contributed by atoms with van der Waals surface area (Å²) in [7, 11) is 3.20. The third kappa shape index (κ3) is 4.06. The lowest BCUT2D eigenvalue weighted by molar-refractivity contribution is -0.139. The van der Waals surface area contributed by atoms with Crippen LogP contribution in [0.2, 0.25) is 0 Å². The van der Waals surface area contributed by atoms with Crippen molar-refractivity contribution in [3.05, 3.63) is 17.5 Å². The van der Waals surface area contributed by atoms with E-state index in [-0.39, 0.29) is 13.0 Å². The van der Waals surface area contributed by atoms with Crippen molar-refractivity contribution in [2.75, 3.05) is 13.7 Å². The highest BCUT2D eigenvalue weighted by Gasteiger charge is 2.22. The quantitative estimate of drug-likeness (QED) is 0.737. The number of hydrogen-bond acceptors (Lipinski definition) is 4. The number of methoxy groups -OCH3 is 1. The molecule has 0 aliphatic carbocycles. The largest absolute Gasteiger partial charge is 0.480 e. The molecule has 1 unspecified atom stereocenters. The maximum Gasteiger partial charge on any atom is 0.326 e. The van der Waals surface area contributed by atoms with E-state index in [1.54, 1.807) is 17.9 Å². The lowest BCUT2D eigenvalue weighted by Crippen LogP contribution is -2.41. The molecule has 1 atom stereocenters. The second-order valence-electron chi connectivity index (χ2n) is 4.16. The summed E-state index contributed by atoms with van der Waals surface area (Å²) in [4.78, 5) is 23.1. The zero-order valence-corrected chi connectivity index (χ0v) is 11.3. The van der Waals surface area contributed by atoms with Gasteiger partial charge in [-0.05, 0) is 6.42 Å². The van der Waals surface area contributed by atoms with Gasteiger partial charge in [0.05, 0.1) is 11.3 Å². The number of carboxylic acids is 1. The zero-order chi connectivity index (χ0) is 14.4. The molecule has 0 aliphatic heterocycles. The van der Waals surface area contributed by atoms with Crippen molar-refractivity contribution in [2.45, 2.75) is 25.8 Å². The second-order valence-corrected chi connectivity index (χ2v) is 4.16. The highest BCUT2D eigenvalue weighted by molar-refractivity contribution is 5.97. The van der Waals surface area contributed by atoms with Crippen LogP contribution in [0.3, 0.4) is 0 Å². The van der Waals surface area contributed by atoms with Crippen LogP contribution in [0.1, 0.15) is 29.4 Å². The molecule has 19 heavy (non-hydrogen) atoms. The first-order valence-corrected chi connectivity index (χ1v) is 6.04. The fourth-order valence-corrected chi connectivity index (χ4v) is 1.71. The number of carboxylic acid groups (broad SMARTS) is 1. The van der Waals surface area contributed by atoms with Gasteiger partial charge in [-0.2, -0.15) is 5.10 Å². The van der Waals surface area contributed by atoms with Gasteiger partial charge < -0.3 is 15.2 Å². The molecule has 0 aromatic carbocycles. The van der Waals surface area contributed by atoms with E-state index in [9.17, 15) is 9.59 Å². The monoisotopic (exact) mass is 269 g/mol. The normalized spacial score (nSPS) is 12.2. The smallest absolute Gasteiger partial charge is 0.326 e. The SMILES string of the molecule is CCc1nn(C)cc1C(=O)NC(CCOC)C(=O)O. The van der Waals surface area contributed by atoms with Crippen LogP contribution in [0.4, 0.5) is 0 Å². The first kappa shape index (κ1) is 15.2. The van der Waals surface area contributed by atoms with Gasteiger partial charge in [0.2, 0.25) is 0 Å². The van der Waals surface area contributed by atoms with Gasteiger partial charge in [0.25, 0.3) is 5.91 Å². The van der Waals surface area contributed by atoms with Crippen LogP contribution in [-0.2, 0) is 23.0 Å². The fourth-order valence-electron chi connectivity index (χ4n) is 1.71. The number of rotatable bonds is 7. The van der Waals surface area contributed by atoms with Crippen LogP contribution in [0.25, 0.3) is 0 Å². The molecular weight excluding hydrogens is 250 g/mol. The molecule has 0 radical (unpaired) electrons. The Morgan fingerprint density at radius 1 is 1.58 bits per heavy atom. The summed E-state index contributed by atoms with van der Waals surface area (Å²) in [6.45, 7) is 2.16. The van der Waals surface area contributed by atoms with Crippen molar-refractivity contribution in [3.63, 3.8) is 0 Å². The van der Waals surface area contributed by atoms with Gasteiger partial charge in [-0.3, -0.25) is 9.48 Å². The number of aromatic nitrogens is 2. The van der Waals surface area contributed by atoms with Gasteiger partial charge in [0, 0.05) is 33.4 Å². The number of hydrogen-bond donors (Lipinski definition) is 2. The molecule has 1 heterocycles. The summed E-state index contributed by atoms with van der Waals surface area (Å²) >= 11 is 0. The molecule has 0 bridgehead atoms. The minimum absolute atomic E-state index is 0.222. The number of ether oxygens (including phenoxy) is 1. The van der Waals surface area contributed by atoms with E-state index in [1.165, 1.54) is 7.11 Å². The Bertz CT molecular complexity index is 456. The van der Waals surface area contributed by atoms with Crippen LogP contribution in [-0.4, -0.2) is 46.5 Å². The highest BCUT2D eigenvalue weighted by Crippen LogP contribution is 2.08. The first-order valence-electron chi connectivity index (χ1n) is 6.04. The van der Waals surface area contributed by atoms with Crippen molar-refractivity contribution in [2.24, 2.45) is 7.05 Å². The van der Waals surface area contributed by atoms with Crippen LogP contribution in [0.5, 0.6) is 0 Å². The summed E-state index contributed by atoms with van der Waals surface area (Å²) < 4.78 is 6.37. The molecule has 0 aliphatic rings. The molecule has 0 fully saturated rings. The molecular formula is C12H19N3O4. The third-order valence-electron chi connectivity index (χ3n) is 2.70. The number of amides is 1. The van der Waals surface area contributed by atoms with E-state index >= 15 is 0 Å². The maximum atomic E-state index is 12.0. The Hall–Kier alpha value is -1.89. The molecule has 7 nitrogen and oxygen atoms in total. The molecule has 1 rings (SSSR count). The van der Waals surface area contributed by atoms with Crippen LogP contribution in [0.15, 0.2) is 6.20 Å². The highest BCUT2D eigenvalue weighted by atomic mass is 16.5. The molecule has 2 N–H and O–H groups in total. The molecule has 0 saturated carbocycles. The summed E-state index contributed by atoms with van der Waals surface area (Å²) in [6, 6.07) is -0.961. The van der Waals surface area contributed by atoms with Gasteiger partial charge in [-0.25, -0.2) is 4.79 Å². The fraction of sp³-hybridized carbons (Fsp3) is 0.583. The average Bonchev–Trinajstić information content (AvgIpc) is 2.75. The zero-order valence-electron chi connectivity index (χ0n) is 11.3. The predicted molar refractivity (Wildman–Crippen MR) is 68.0 cm³/mol. The molecule has 0 saturated heterocycles. The second kappa shape index (κ2) is 6.89. The summed E-state index contributed by atoms with van der Waals surface area (Å²) in [6.07, 6.45) is 2.42. The first-order chi connectivity index (χ1) is 8.99. The van der Waals surface area contributed by atoms with Crippen LogP contribution >= 0.6 is 0 Å². The third-order valence-corrected chi connectivity index (χ3v) is 2.70. The molecule has 1 amide bonds. The number of aliphatic carboxylic acids is 1. The number of carbonyl (C=O) groups is 2. The Balaban J connectivity index is 2.78. The van der Waals surface area contributed by atoms with E-state index in [0.29, 0.717) is 17.7 Å². The minimum atomic E-state index is -1.08. The molecule has 106 valence electrons. The van der Waals surface area contributed by atoms with E-state index in [1.807, 2.05) is 6.92 Å². The Morgan fingerprint density at radius 3 is 2.79 bits per heavy atom. The number of aryl methyl sites for hydroxylation is 2. The van der Waals surface area contributed by atoms with Gasteiger partial charge in [0.1, 0.15) is 6.04 Å². The van der Waals surface area contributed by atoms with Crippen molar-refractivity contribution < 1.29 is 19.4 Å².